The van der Waals surface area contributed by atoms with Crippen LogP contribution in [0.25, 0.3) is 0 Å². The standard InChI is InChI=1S/C25H36F3N3O3/c1-15(2)30(4)19-9-10-22(20(14-19)16(3)34-5)31-12-11-21(24(31)33)29-23(32)17-7-6-8-18(13-17)25(26,27)28/h6-8,13,15-16,19-22H,9-12,14H2,1-5H3,(H,29,32)/t16?,19-,20-,21+,22+/m1/s1. The first kappa shape index (κ1) is 26.5. The van der Waals surface area contributed by atoms with E-state index < -0.39 is 23.7 Å². The molecule has 5 atom stereocenters. The molecule has 0 spiro atoms. The van der Waals surface area contributed by atoms with Gasteiger partial charge in [-0.1, -0.05) is 6.07 Å². The predicted molar refractivity (Wildman–Crippen MR) is 123 cm³/mol. The fraction of sp³-hybridized carbons (Fsp3) is 0.680. The van der Waals surface area contributed by atoms with Gasteiger partial charge in [-0.25, -0.2) is 0 Å². The van der Waals surface area contributed by atoms with E-state index >= 15 is 0 Å². The second-order valence-corrected chi connectivity index (χ2v) is 9.82. The van der Waals surface area contributed by atoms with E-state index in [9.17, 15) is 22.8 Å². The summed E-state index contributed by atoms with van der Waals surface area (Å²) in [6.45, 7) is 6.88. The van der Waals surface area contributed by atoms with Crippen LogP contribution in [0.5, 0.6) is 0 Å². The minimum Gasteiger partial charge on any atom is -0.381 e. The van der Waals surface area contributed by atoms with Crippen molar-refractivity contribution in [2.24, 2.45) is 5.92 Å². The topological polar surface area (TPSA) is 61.9 Å². The average molecular weight is 484 g/mol. The summed E-state index contributed by atoms with van der Waals surface area (Å²) in [6, 6.07) is 4.36. The van der Waals surface area contributed by atoms with Crippen molar-refractivity contribution in [3.63, 3.8) is 0 Å². The van der Waals surface area contributed by atoms with Crippen LogP contribution in [0, 0.1) is 5.92 Å². The fourth-order valence-electron chi connectivity index (χ4n) is 5.27. The van der Waals surface area contributed by atoms with Crippen LogP contribution in [0.2, 0.25) is 0 Å². The summed E-state index contributed by atoms with van der Waals surface area (Å²) in [5.41, 5.74) is -0.997. The van der Waals surface area contributed by atoms with E-state index in [1.165, 1.54) is 12.1 Å². The minimum absolute atomic E-state index is 0.00900. The van der Waals surface area contributed by atoms with Crippen LogP contribution in [0.1, 0.15) is 62.4 Å². The zero-order chi connectivity index (χ0) is 25.2. The molecule has 6 nitrogen and oxygen atoms in total. The number of methoxy groups -OCH3 is 1. The van der Waals surface area contributed by atoms with Crippen molar-refractivity contribution in [1.29, 1.82) is 0 Å². The Balaban J connectivity index is 1.69. The van der Waals surface area contributed by atoms with E-state index in [1.54, 1.807) is 7.11 Å². The molecule has 1 N–H and O–H groups in total. The van der Waals surface area contributed by atoms with Gasteiger partial charge in [0, 0.05) is 43.3 Å². The molecule has 1 unspecified atom stereocenters. The van der Waals surface area contributed by atoms with E-state index in [1.807, 2.05) is 11.8 Å². The molecule has 1 heterocycles. The van der Waals surface area contributed by atoms with E-state index in [0.29, 0.717) is 25.0 Å². The number of likely N-dealkylation sites (tertiary alicyclic amines) is 1. The second kappa shape index (κ2) is 10.6. The molecule has 2 amide bonds. The molecule has 190 valence electrons. The summed E-state index contributed by atoms with van der Waals surface area (Å²) in [5, 5.41) is 2.66. The maximum Gasteiger partial charge on any atom is 0.416 e. The van der Waals surface area contributed by atoms with Crippen LogP contribution in [0.15, 0.2) is 24.3 Å². The van der Waals surface area contributed by atoms with E-state index in [4.69, 9.17) is 4.74 Å². The molecule has 1 aliphatic carbocycles. The van der Waals surface area contributed by atoms with Crippen molar-refractivity contribution in [1.82, 2.24) is 15.1 Å². The van der Waals surface area contributed by atoms with Crippen LogP contribution in [-0.2, 0) is 15.7 Å². The summed E-state index contributed by atoms with van der Waals surface area (Å²) < 4.78 is 44.7. The van der Waals surface area contributed by atoms with Crippen LogP contribution in [0.4, 0.5) is 13.2 Å². The minimum atomic E-state index is -4.54. The Bertz CT molecular complexity index is 876. The number of halogens is 3. The quantitative estimate of drug-likeness (QED) is 0.638. The van der Waals surface area contributed by atoms with Gasteiger partial charge in [-0.05, 0) is 71.7 Å². The highest BCUT2D eigenvalue weighted by atomic mass is 19.4. The van der Waals surface area contributed by atoms with Gasteiger partial charge in [0.05, 0.1) is 11.7 Å². The Morgan fingerprint density at radius 3 is 2.53 bits per heavy atom. The highest BCUT2D eigenvalue weighted by molar-refractivity contribution is 5.98. The molecule has 0 aromatic heterocycles. The van der Waals surface area contributed by atoms with Gasteiger partial charge in [-0.3, -0.25) is 9.59 Å². The Morgan fingerprint density at radius 2 is 1.91 bits per heavy atom. The monoisotopic (exact) mass is 483 g/mol. The summed E-state index contributed by atoms with van der Waals surface area (Å²) in [6.07, 6.45) is -1.40. The fourth-order valence-corrected chi connectivity index (χ4v) is 5.27. The highest BCUT2D eigenvalue weighted by Crippen LogP contribution is 2.36. The zero-order valence-electron chi connectivity index (χ0n) is 20.6. The molecule has 3 rings (SSSR count). The summed E-state index contributed by atoms with van der Waals surface area (Å²) in [4.78, 5) is 30.1. The number of nitrogens with zero attached hydrogens (tertiary/aromatic N) is 2. The zero-order valence-corrected chi connectivity index (χ0v) is 20.6. The first-order valence-electron chi connectivity index (χ1n) is 12.0. The van der Waals surface area contributed by atoms with Gasteiger partial charge in [0.25, 0.3) is 5.91 Å². The van der Waals surface area contributed by atoms with Crippen LogP contribution in [0.3, 0.4) is 0 Å². The van der Waals surface area contributed by atoms with Crippen molar-refractivity contribution in [2.45, 2.75) is 82.9 Å². The van der Waals surface area contributed by atoms with Crippen molar-refractivity contribution in [2.75, 3.05) is 20.7 Å². The summed E-state index contributed by atoms with van der Waals surface area (Å²) in [5.74, 6) is -0.684. The third-order valence-corrected chi connectivity index (χ3v) is 7.60. The molecule has 0 radical (unpaired) electrons. The van der Waals surface area contributed by atoms with Gasteiger partial charge in [-0.15, -0.1) is 0 Å². The maximum absolute atomic E-state index is 13.3. The number of hydrogen-bond acceptors (Lipinski definition) is 4. The summed E-state index contributed by atoms with van der Waals surface area (Å²) in [7, 11) is 3.81. The first-order valence-corrected chi connectivity index (χ1v) is 12.0. The molecule has 0 bridgehead atoms. The second-order valence-electron chi connectivity index (χ2n) is 9.82. The molecular formula is C25H36F3N3O3. The first-order chi connectivity index (χ1) is 15.9. The van der Waals surface area contributed by atoms with E-state index in [-0.39, 0.29) is 29.5 Å². The lowest BCUT2D eigenvalue weighted by atomic mass is 9.77. The third kappa shape index (κ3) is 5.74. The van der Waals surface area contributed by atoms with Crippen LogP contribution in [-0.4, -0.2) is 72.6 Å². The maximum atomic E-state index is 13.3. The number of ether oxygens (including phenoxy) is 1. The number of amides is 2. The molecule has 1 saturated heterocycles. The van der Waals surface area contributed by atoms with Crippen LogP contribution >= 0.6 is 0 Å². The Morgan fingerprint density at radius 1 is 1.21 bits per heavy atom. The molecule has 1 aromatic rings. The van der Waals surface area contributed by atoms with Gasteiger partial charge < -0.3 is 19.9 Å². The van der Waals surface area contributed by atoms with E-state index in [2.05, 4.69) is 31.1 Å². The normalized spacial score (nSPS) is 26.9. The molecule has 1 aromatic carbocycles. The summed E-state index contributed by atoms with van der Waals surface area (Å²) >= 11 is 0. The lowest BCUT2D eigenvalue weighted by molar-refractivity contribution is -0.137. The molecule has 2 fully saturated rings. The SMILES string of the molecule is COC(C)[C@H]1C[C@H](N(C)C(C)C)CC[C@@H]1N1CC[C@H](NC(=O)c2cccc(C(F)(F)F)c2)C1=O. The number of alkyl halides is 3. The molecule has 9 heteroatoms. The molecule has 34 heavy (non-hydrogen) atoms. The lowest BCUT2D eigenvalue weighted by Gasteiger charge is -2.46. The van der Waals surface area contributed by atoms with Gasteiger partial charge in [-0.2, -0.15) is 13.2 Å². The molecule has 1 saturated carbocycles. The third-order valence-electron chi connectivity index (χ3n) is 7.60. The van der Waals surface area contributed by atoms with Crippen molar-refractivity contribution < 1.29 is 27.5 Å². The highest BCUT2D eigenvalue weighted by Gasteiger charge is 2.44. The lowest BCUT2D eigenvalue weighted by Crippen LogP contribution is -2.54. The number of carbonyl (C=O) groups is 2. The van der Waals surface area contributed by atoms with Crippen molar-refractivity contribution in [3.05, 3.63) is 35.4 Å². The number of hydrogen-bond donors (Lipinski definition) is 1. The smallest absolute Gasteiger partial charge is 0.381 e. The Hall–Kier alpha value is -2.13. The van der Waals surface area contributed by atoms with Gasteiger partial charge >= 0.3 is 6.18 Å². The number of rotatable bonds is 7. The Kier molecular flexibility index (Phi) is 8.29. The predicted octanol–water partition coefficient (Wildman–Crippen LogP) is 3.95. The average Bonchev–Trinajstić information content (AvgIpc) is 3.16. The van der Waals surface area contributed by atoms with Crippen LogP contribution < -0.4 is 5.32 Å². The van der Waals surface area contributed by atoms with Gasteiger partial charge in [0.1, 0.15) is 6.04 Å². The largest absolute Gasteiger partial charge is 0.416 e. The molecule has 1 aliphatic heterocycles. The van der Waals surface area contributed by atoms with Gasteiger partial charge in [0.15, 0.2) is 0 Å². The number of benzene rings is 1. The van der Waals surface area contributed by atoms with Crippen molar-refractivity contribution in [3.8, 4) is 0 Å². The van der Waals surface area contributed by atoms with E-state index in [0.717, 1.165) is 31.4 Å². The van der Waals surface area contributed by atoms with Gasteiger partial charge in [0.2, 0.25) is 5.91 Å². The molecular weight excluding hydrogens is 447 g/mol. The Labute approximate surface area is 199 Å². The number of nitrogens with one attached hydrogen (secondary N) is 1. The number of carbonyl (C=O) groups excluding carboxylic acids is 2. The van der Waals surface area contributed by atoms with Crippen molar-refractivity contribution >= 4 is 11.8 Å². The molecule has 2 aliphatic rings.